The number of halogens is 2. The number of carbonyl (C=O) groups excluding carboxylic acids is 3. The van der Waals surface area contributed by atoms with Gasteiger partial charge in [-0.1, -0.05) is 91.6 Å². The van der Waals surface area contributed by atoms with Gasteiger partial charge in [-0.05, 0) is 77.1 Å². The van der Waals surface area contributed by atoms with Gasteiger partial charge in [-0.3, -0.25) is 9.69 Å². The Balaban J connectivity index is 0.958. The number of piperazine rings is 1. The number of hydrogen-bond donors (Lipinski definition) is 0. The highest BCUT2D eigenvalue weighted by Gasteiger charge is 2.35. The normalized spacial score (nSPS) is 14.7. The third-order valence-electron chi connectivity index (χ3n) is 10.3. The number of aromatic nitrogens is 1. The van der Waals surface area contributed by atoms with Crippen LogP contribution in [0.15, 0.2) is 109 Å². The predicted octanol–water partition coefficient (Wildman–Crippen LogP) is 8.97. The van der Waals surface area contributed by atoms with Gasteiger partial charge in [0.2, 0.25) is 11.6 Å². The number of amides is 1. The summed E-state index contributed by atoms with van der Waals surface area (Å²) in [6.45, 7) is 9.31. The molecule has 0 aliphatic carbocycles. The highest BCUT2D eigenvalue weighted by Crippen LogP contribution is 2.37. The number of ether oxygens (including phenoxy) is 5. The standard InChI is InChI=1S/C47H45Cl2N3O8/c1-30(2)34-12-14-37(15-13-34)56-23-18-32-8-10-33(11-9-32)27-51-19-21-52(22-20-51)45(53)44-39(29-58-46(54)47(55)60-44)36-24-31(3)43(41(49)25-36)59-42-17-16-38(26-50-42)57-28-35-6-4-5-7-40(35)48/h4-17,24-26,30H,18-23,27-29H2,1-3H3. The second kappa shape index (κ2) is 19.5. The Morgan fingerprint density at radius 2 is 1.53 bits per heavy atom. The third-order valence-corrected chi connectivity index (χ3v) is 11.0. The van der Waals surface area contributed by atoms with Gasteiger partial charge in [-0.2, -0.15) is 0 Å². The molecule has 0 saturated carbocycles. The summed E-state index contributed by atoms with van der Waals surface area (Å²) in [6, 6.07) is 30.8. The van der Waals surface area contributed by atoms with Crippen molar-refractivity contribution in [1.82, 2.24) is 14.8 Å². The molecule has 0 unspecified atom stereocenters. The molecule has 0 spiro atoms. The Bertz CT molecular complexity index is 2340. The number of nitrogens with zero attached hydrogens (tertiary/aromatic N) is 3. The molecule has 7 rings (SSSR count). The highest BCUT2D eigenvalue weighted by molar-refractivity contribution is 6.33. The van der Waals surface area contributed by atoms with E-state index in [4.69, 9.17) is 46.9 Å². The fraction of sp³-hybridized carbons (Fsp3) is 0.277. The van der Waals surface area contributed by atoms with Crippen LogP contribution in [-0.4, -0.2) is 72.0 Å². The van der Waals surface area contributed by atoms with E-state index in [0.717, 1.165) is 29.8 Å². The van der Waals surface area contributed by atoms with E-state index in [0.29, 0.717) is 66.4 Å². The highest BCUT2D eigenvalue weighted by atomic mass is 35.5. The molecule has 1 saturated heterocycles. The zero-order chi connectivity index (χ0) is 42.2. The maximum absolute atomic E-state index is 14.0. The molecule has 1 aromatic heterocycles. The van der Waals surface area contributed by atoms with Crippen LogP contribution in [0.3, 0.4) is 0 Å². The summed E-state index contributed by atoms with van der Waals surface area (Å²) in [5, 5.41) is 0.815. The monoisotopic (exact) mass is 849 g/mol. The van der Waals surface area contributed by atoms with Gasteiger partial charge in [0.1, 0.15) is 24.7 Å². The minimum Gasteiger partial charge on any atom is -0.493 e. The predicted molar refractivity (Wildman–Crippen MR) is 228 cm³/mol. The van der Waals surface area contributed by atoms with Gasteiger partial charge in [-0.25, -0.2) is 14.6 Å². The Labute approximate surface area is 359 Å². The number of rotatable bonds is 14. The number of esters is 2. The van der Waals surface area contributed by atoms with Gasteiger partial charge in [0, 0.05) is 61.4 Å². The molecule has 0 bridgehead atoms. The van der Waals surface area contributed by atoms with Crippen LogP contribution in [0, 0.1) is 6.92 Å². The second-order valence-electron chi connectivity index (χ2n) is 14.9. The lowest BCUT2D eigenvalue weighted by molar-refractivity contribution is -0.164. The van der Waals surface area contributed by atoms with E-state index in [9.17, 15) is 14.4 Å². The van der Waals surface area contributed by atoms with Gasteiger partial charge in [0.25, 0.3) is 5.91 Å². The molecule has 2 aliphatic heterocycles. The number of hydrogen-bond acceptors (Lipinski definition) is 10. The van der Waals surface area contributed by atoms with Gasteiger partial charge in [-0.15, -0.1) is 0 Å². The quantitative estimate of drug-likeness (QED) is 0.0792. The van der Waals surface area contributed by atoms with Gasteiger partial charge >= 0.3 is 11.9 Å². The average molecular weight is 851 g/mol. The van der Waals surface area contributed by atoms with E-state index in [1.54, 1.807) is 42.2 Å². The van der Waals surface area contributed by atoms with Crippen LogP contribution in [0.1, 0.15) is 53.1 Å². The number of cyclic esters (lactones) is 2. The lowest BCUT2D eigenvalue weighted by Crippen LogP contribution is -2.49. The molecule has 1 fully saturated rings. The first kappa shape index (κ1) is 42.3. The van der Waals surface area contributed by atoms with Crippen molar-refractivity contribution in [2.75, 3.05) is 39.4 Å². The largest absolute Gasteiger partial charge is 0.493 e. The summed E-state index contributed by atoms with van der Waals surface area (Å²) < 4.78 is 28.5. The van der Waals surface area contributed by atoms with Crippen molar-refractivity contribution < 1.29 is 38.1 Å². The molecule has 4 aromatic carbocycles. The summed E-state index contributed by atoms with van der Waals surface area (Å²) in [6.07, 6.45) is 2.33. The van der Waals surface area contributed by atoms with Crippen molar-refractivity contribution in [2.24, 2.45) is 0 Å². The van der Waals surface area contributed by atoms with Crippen molar-refractivity contribution in [3.8, 4) is 23.1 Å². The zero-order valence-electron chi connectivity index (χ0n) is 33.6. The Morgan fingerprint density at radius 1 is 0.817 bits per heavy atom. The molecule has 0 N–H and O–H groups in total. The zero-order valence-corrected chi connectivity index (χ0v) is 35.1. The van der Waals surface area contributed by atoms with E-state index in [1.165, 1.54) is 17.3 Å². The van der Waals surface area contributed by atoms with Crippen LogP contribution in [0.2, 0.25) is 10.0 Å². The SMILES string of the molecule is Cc1cc(C2=C(C(=O)N3CCN(Cc4ccc(CCOc5ccc(C(C)C)cc5)cc4)CC3)OC(=O)C(=O)OC2)cc(Cl)c1Oc1ccc(OCc2ccccc2Cl)cn1. The molecule has 0 radical (unpaired) electrons. The van der Waals surface area contributed by atoms with Gasteiger partial charge in [0.15, 0.2) is 5.75 Å². The summed E-state index contributed by atoms with van der Waals surface area (Å²) in [5.74, 6) is -0.775. The Morgan fingerprint density at radius 3 is 2.22 bits per heavy atom. The van der Waals surface area contributed by atoms with Crippen molar-refractivity contribution in [3.05, 3.63) is 152 Å². The Hall–Kier alpha value is -5.88. The lowest BCUT2D eigenvalue weighted by Gasteiger charge is -2.35. The Kier molecular flexibility index (Phi) is 13.7. The molecule has 3 heterocycles. The molecule has 11 nitrogen and oxygen atoms in total. The lowest BCUT2D eigenvalue weighted by atomic mass is 10.0. The van der Waals surface area contributed by atoms with E-state index < -0.39 is 17.8 Å². The smallest absolute Gasteiger partial charge is 0.423 e. The van der Waals surface area contributed by atoms with Crippen LogP contribution in [0.25, 0.3) is 5.57 Å². The molecule has 1 amide bonds. The second-order valence-corrected chi connectivity index (χ2v) is 15.7. The number of pyridine rings is 1. The molecule has 5 aromatic rings. The summed E-state index contributed by atoms with van der Waals surface area (Å²) in [4.78, 5) is 47.2. The number of carbonyl (C=O) groups is 3. The molecular formula is C47H45Cl2N3O8. The minimum absolute atomic E-state index is 0.203. The van der Waals surface area contributed by atoms with Gasteiger partial charge < -0.3 is 28.6 Å². The molecular weight excluding hydrogens is 805 g/mol. The van der Waals surface area contributed by atoms with Crippen molar-refractivity contribution in [1.29, 1.82) is 0 Å². The van der Waals surface area contributed by atoms with Crippen LogP contribution < -0.4 is 14.2 Å². The minimum atomic E-state index is -1.27. The van der Waals surface area contributed by atoms with Crippen molar-refractivity contribution >= 4 is 46.6 Å². The molecule has 2 aliphatic rings. The maximum Gasteiger partial charge on any atom is 0.423 e. The van der Waals surface area contributed by atoms with Crippen LogP contribution >= 0.6 is 23.2 Å². The fourth-order valence-electron chi connectivity index (χ4n) is 6.83. The molecule has 60 heavy (non-hydrogen) atoms. The topological polar surface area (TPSA) is 117 Å². The van der Waals surface area contributed by atoms with Crippen LogP contribution in [-0.2, 0) is 43.4 Å². The van der Waals surface area contributed by atoms with E-state index >= 15 is 0 Å². The summed E-state index contributed by atoms with van der Waals surface area (Å²) >= 11 is 13.0. The molecule has 13 heteroatoms. The fourth-order valence-corrected chi connectivity index (χ4v) is 7.33. The van der Waals surface area contributed by atoms with Crippen molar-refractivity contribution in [2.45, 2.75) is 46.3 Å². The van der Waals surface area contributed by atoms with E-state index in [1.807, 2.05) is 30.3 Å². The van der Waals surface area contributed by atoms with E-state index in [-0.39, 0.29) is 35.4 Å². The summed E-state index contributed by atoms with van der Waals surface area (Å²) in [7, 11) is 0. The number of benzene rings is 4. The third kappa shape index (κ3) is 10.6. The average Bonchev–Trinajstić information content (AvgIpc) is 3.40. The number of aryl methyl sites for hydroxylation is 1. The first-order chi connectivity index (χ1) is 29.0. The van der Waals surface area contributed by atoms with Crippen LogP contribution in [0.4, 0.5) is 0 Å². The van der Waals surface area contributed by atoms with Gasteiger partial charge in [0.05, 0.1) is 17.8 Å². The van der Waals surface area contributed by atoms with Crippen molar-refractivity contribution in [3.63, 3.8) is 0 Å². The maximum atomic E-state index is 14.0. The first-order valence-electron chi connectivity index (χ1n) is 19.8. The summed E-state index contributed by atoms with van der Waals surface area (Å²) in [5.41, 5.74) is 5.73. The first-order valence-corrected chi connectivity index (χ1v) is 20.5. The van der Waals surface area contributed by atoms with Crippen LogP contribution in [0.5, 0.6) is 23.1 Å². The molecule has 310 valence electrons. The molecule has 0 atom stereocenters. The van der Waals surface area contributed by atoms with E-state index in [2.05, 4.69) is 60.1 Å².